The van der Waals surface area contributed by atoms with E-state index in [1.165, 1.54) is 0 Å². The van der Waals surface area contributed by atoms with E-state index in [2.05, 4.69) is 0 Å². The normalized spacial score (nSPS) is 23.6. The van der Waals surface area contributed by atoms with Crippen LogP contribution in [-0.4, -0.2) is 30.2 Å². The summed E-state index contributed by atoms with van der Waals surface area (Å²) < 4.78 is 6.03. The molecular formula is C19H17Cl2NO3. The van der Waals surface area contributed by atoms with Gasteiger partial charge in [0.15, 0.2) is 0 Å². The highest BCUT2D eigenvalue weighted by molar-refractivity contribution is 6.30. The average molecular weight is 378 g/mol. The van der Waals surface area contributed by atoms with Crippen LogP contribution in [0.4, 0.5) is 0 Å². The molecule has 0 aromatic heterocycles. The van der Waals surface area contributed by atoms with Gasteiger partial charge in [0.05, 0.1) is 6.04 Å². The van der Waals surface area contributed by atoms with E-state index in [4.69, 9.17) is 27.9 Å². The molecule has 1 amide bonds. The van der Waals surface area contributed by atoms with Gasteiger partial charge in [-0.1, -0.05) is 47.5 Å². The zero-order valence-electron chi connectivity index (χ0n) is 13.6. The summed E-state index contributed by atoms with van der Waals surface area (Å²) in [4.78, 5) is 25.2. The molecule has 2 aromatic carbocycles. The van der Waals surface area contributed by atoms with Crippen LogP contribution < -0.4 is 0 Å². The molecule has 0 radical (unpaired) electrons. The summed E-state index contributed by atoms with van der Waals surface area (Å²) in [5.74, 6) is -0.211. The second-order valence-corrected chi connectivity index (χ2v) is 6.82. The average Bonchev–Trinajstić information content (AvgIpc) is 2.61. The molecule has 130 valence electrons. The van der Waals surface area contributed by atoms with Crippen molar-refractivity contribution < 1.29 is 14.3 Å². The van der Waals surface area contributed by atoms with Gasteiger partial charge < -0.3 is 14.4 Å². The van der Waals surface area contributed by atoms with Crippen LogP contribution in [0.25, 0.3) is 0 Å². The Bertz CT molecular complexity index is 761. The van der Waals surface area contributed by atoms with Crippen LogP contribution in [0, 0.1) is 0 Å². The van der Waals surface area contributed by atoms with Crippen LogP contribution in [0.1, 0.15) is 29.7 Å². The lowest BCUT2D eigenvalue weighted by Gasteiger charge is -2.42. The Morgan fingerprint density at radius 2 is 1.52 bits per heavy atom. The third-order valence-corrected chi connectivity index (χ3v) is 4.86. The number of morpholine rings is 1. The van der Waals surface area contributed by atoms with Crippen molar-refractivity contribution in [2.24, 2.45) is 0 Å². The third kappa shape index (κ3) is 3.71. The zero-order valence-corrected chi connectivity index (χ0v) is 15.1. The van der Waals surface area contributed by atoms with Crippen LogP contribution in [0.2, 0.25) is 10.0 Å². The first-order valence-corrected chi connectivity index (χ1v) is 8.63. The number of halogens is 2. The Kier molecular flexibility index (Phi) is 5.42. The maximum Gasteiger partial charge on any atom is 0.252 e. The molecule has 1 fully saturated rings. The van der Waals surface area contributed by atoms with Crippen LogP contribution in [0.5, 0.6) is 0 Å². The Hall–Kier alpha value is -1.88. The summed E-state index contributed by atoms with van der Waals surface area (Å²) in [6, 6.07) is 14.3. The molecule has 2 aromatic rings. The van der Waals surface area contributed by atoms with Crippen molar-refractivity contribution in [1.82, 2.24) is 4.90 Å². The second kappa shape index (κ2) is 7.56. The summed E-state index contributed by atoms with van der Waals surface area (Å²) in [7, 11) is 1.73. The van der Waals surface area contributed by atoms with E-state index in [0.717, 1.165) is 11.1 Å². The highest BCUT2D eigenvalue weighted by atomic mass is 35.5. The summed E-state index contributed by atoms with van der Waals surface area (Å²) in [5, 5.41) is 1.24. The second-order valence-electron chi connectivity index (χ2n) is 5.94. The first-order chi connectivity index (χ1) is 12.0. The number of hydrogen-bond acceptors (Lipinski definition) is 3. The predicted molar refractivity (Wildman–Crippen MR) is 96.7 cm³/mol. The summed E-state index contributed by atoms with van der Waals surface area (Å²) in [6.45, 7) is 0. The van der Waals surface area contributed by atoms with E-state index in [0.29, 0.717) is 16.3 Å². The number of hydrogen-bond donors (Lipinski definition) is 0. The van der Waals surface area contributed by atoms with Crippen LogP contribution >= 0.6 is 23.2 Å². The van der Waals surface area contributed by atoms with E-state index in [1.54, 1.807) is 36.2 Å². The molecule has 0 spiro atoms. The molecule has 3 atom stereocenters. The van der Waals surface area contributed by atoms with Crippen molar-refractivity contribution in [3.8, 4) is 0 Å². The Morgan fingerprint density at radius 3 is 2.04 bits per heavy atom. The van der Waals surface area contributed by atoms with Gasteiger partial charge in [-0.3, -0.25) is 4.79 Å². The Balaban J connectivity index is 2.03. The fourth-order valence-electron chi connectivity index (χ4n) is 3.09. The maximum absolute atomic E-state index is 12.6. The zero-order chi connectivity index (χ0) is 18.0. The minimum Gasteiger partial charge on any atom is -0.357 e. The van der Waals surface area contributed by atoms with Crippen molar-refractivity contribution in [3.63, 3.8) is 0 Å². The predicted octanol–water partition coefficient (Wildman–Crippen LogP) is 4.22. The highest BCUT2D eigenvalue weighted by Crippen LogP contribution is 2.41. The molecule has 0 unspecified atom stereocenters. The molecule has 25 heavy (non-hydrogen) atoms. The number of amides is 1. The first-order valence-electron chi connectivity index (χ1n) is 7.88. The van der Waals surface area contributed by atoms with Gasteiger partial charge in [0.2, 0.25) is 0 Å². The van der Waals surface area contributed by atoms with Gasteiger partial charge in [-0.15, -0.1) is 0 Å². The van der Waals surface area contributed by atoms with Crippen LogP contribution in [0.15, 0.2) is 48.5 Å². The number of ether oxygens (including phenoxy) is 1. The number of carbonyl (C=O) groups excluding carboxylic acids is 2. The molecule has 0 bridgehead atoms. The standard InChI is InChI=1S/C19H17Cl2NO3/c1-22-17(12-2-6-14(20)7-3-12)18(13-4-8-15(21)9-5-13)25-16(10-11-23)19(22)24/h2-9,11,16-18H,10H2,1H3/t16-,17+,18-/m0/s1. The van der Waals surface area contributed by atoms with Crippen LogP contribution in [0.3, 0.4) is 0 Å². The number of nitrogens with zero attached hydrogens (tertiary/aromatic N) is 1. The van der Waals surface area contributed by atoms with E-state index in [9.17, 15) is 9.59 Å². The maximum atomic E-state index is 12.6. The smallest absolute Gasteiger partial charge is 0.252 e. The summed E-state index contributed by atoms with van der Waals surface area (Å²) in [6.07, 6.45) is -0.462. The molecule has 6 heteroatoms. The SMILES string of the molecule is CN1C(=O)[C@H](CC=O)O[C@@H](c2ccc(Cl)cc2)[C@H]1c1ccc(Cl)cc1. The molecule has 1 heterocycles. The lowest BCUT2D eigenvalue weighted by atomic mass is 9.92. The Morgan fingerprint density at radius 1 is 1.00 bits per heavy atom. The molecule has 1 aliphatic heterocycles. The molecular weight excluding hydrogens is 361 g/mol. The molecule has 4 nitrogen and oxygen atoms in total. The number of carbonyl (C=O) groups is 2. The number of aldehydes is 1. The minimum atomic E-state index is -0.785. The van der Waals surface area contributed by atoms with Crippen LogP contribution in [-0.2, 0) is 14.3 Å². The van der Waals surface area contributed by atoms with Gasteiger partial charge in [0.25, 0.3) is 5.91 Å². The van der Waals surface area contributed by atoms with E-state index in [-0.39, 0.29) is 18.4 Å². The molecule has 3 rings (SSSR count). The van der Waals surface area contributed by atoms with Crippen molar-refractivity contribution >= 4 is 35.4 Å². The fraction of sp³-hybridized carbons (Fsp3) is 0.263. The summed E-state index contributed by atoms with van der Waals surface area (Å²) in [5.41, 5.74) is 1.80. The summed E-state index contributed by atoms with van der Waals surface area (Å²) >= 11 is 12.0. The highest BCUT2D eigenvalue weighted by Gasteiger charge is 2.42. The molecule has 1 aliphatic rings. The van der Waals surface area contributed by atoms with Gasteiger partial charge in [0, 0.05) is 23.5 Å². The van der Waals surface area contributed by atoms with Gasteiger partial charge in [0.1, 0.15) is 18.5 Å². The van der Waals surface area contributed by atoms with E-state index >= 15 is 0 Å². The number of benzene rings is 2. The van der Waals surface area contributed by atoms with Gasteiger partial charge in [-0.25, -0.2) is 0 Å². The molecule has 0 aliphatic carbocycles. The lowest BCUT2D eigenvalue weighted by molar-refractivity contribution is -0.172. The van der Waals surface area contributed by atoms with Crippen molar-refractivity contribution in [2.75, 3.05) is 7.05 Å². The van der Waals surface area contributed by atoms with Crippen molar-refractivity contribution in [1.29, 1.82) is 0 Å². The molecule has 1 saturated heterocycles. The van der Waals surface area contributed by atoms with E-state index < -0.39 is 12.2 Å². The molecule has 0 N–H and O–H groups in total. The van der Waals surface area contributed by atoms with Crippen molar-refractivity contribution in [3.05, 3.63) is 69.7 Å². The van der Waals surface area contributed by atoms with Gasteiger partial charge in [-0.05, 0) is 35.4 Å². The Labute approximate surface area is 156 Å². The third-order valence-electron chi connectivity index (χ3n) is 4.36. The largest absolute Gasteiger partial charge is 0.357 e. The molecule has 0 saturated carbocycles. The van der Waals surface area contributed by atoms with E-state index in [1.807, 2.05) is 24.3 Å². The van der Waals surface area contributed by atoms with Gasteiger partial charge >= 0.3 is 0 Å². The minimum absolute atomic E-state index is 0.0284. The fourth-order valence-corrected chi connectivity index (χ4v) is 3.34. The first kappa shape index (κ1) is 17.9. The number of likely N-dealkylation sites (N-methyl/N-ethyl adjacent to an activating group) is 1. The lowest BCUT2D eigenvalue weighted by Crippen LogP contribution is -2.49. The van der Waals surface area contributed by atoms with Crippen molar-refractivity contribution in [2.45, 2.75) is 24.7 Å². The quantitative estimate of drug-likeness (QED) is 0.749. The van der Waals surface area contributed by atoms with Gasteiger partial charge in [-0.2, -0.15) is 0 Å². The monoisotopic (exact) mass is 377 g/mol. The number of rotatable bonds is 4. The topological polar surface area (TPSA) is 46.6 Å².